The van der Waals surface area contributed by atoms with Crippen molar-refractivity contribution in [2.24, 2.45) is 11.3 Å². The Kier molecular flexibility index (Phi) is 4.85. The van der Waals surface area contributed by atoms with E-state index < -0.39 is 0 Å². The van der Waals surface area contributed by atoms with Crippen LogP contribution in [0.2, 0.25) is 0 Å². The van der Waals surface area contributed by atoms with Crippen molar-refractivity contribution < 1.29 is 9.90 Å². The quantitative estimate of drug-likeness (QED) is 0.867. The number of aliphatic hydroxyl groups excluding tert-OH is 1. The molecule has 1 N–H and O–H groups in total. The van der Waals surface area contributed by atoms with Gasteiger partial charge in [0.1, 0.15) is 0 Å². The Hall–Kier alpha value is -1.62. The summed E-state index contributed by atoms with van der Waals surface area (Å²) in [6.45, 7) is 2.03. The normalized spacial score (nSPS) is 24.7. The van der Waals surface area contributed by atoms with Crippen molar-refractivity contribution >= 4 is 5.91 Å². The number of carbonyl (C=O) groups is 1. The molecule has 3 rings (SSSR count). The van der Waals surface area contributed by atoms with Crippen LogP contribution >= 0.6 is 0 Å². The molecule has 1 saturated carbocycles. The van der Waals surface area contributed by atoms with E-state index in [1.165, 1.54) is 18.9 Å². The van der Waals surface area contributed by atoms with Crippen LogP contribution in [0.5, 0.6) is 0 Å². The van der Waals surface area contributed by atoms with Gasteiger partial charge in [-0.2, -0.15) is 0 Å². The van der Waals surface area contributed by atoms with Gasteiger partial charge in [-0.05, 0) is 31.2 Å². The van der Waals surface area contributed by atoms with Gasteiger partial charge in [0, 0.05) is 43.7 Å². The predicted octanol–water partition coefficient (Wildman–Crippen LogP) is 1.64. The molecule has 0 bridgehead atoms. The van der Waals surface area contributed by atoms with Gasteiger partial charge < -0.3 is 14.6 Å². The lowest BCUT2D eigenvalue weighted by atomic mass is 9.76. The number of carbonyl (C=O) groups excluding carboxylic acids is 1. The van der Waals surface area contributed by atoms with Gasteiger partial charge in [0.15, 0.2) is 0 Å². The molecule has 126 valence electrons. The first-order valence-corrected chi connectivity index (χ1v) is 8.66. The molecule has 2 fully saturated rings. The Morgan fingerprint density at radius 1 is 1.35 bits per heavy atom. The second-order valence-electron chi connectivity index (χ2n) is 7.21. The molecule has 1 aliphatic carbocycles. The van der Waals surface area contributed by atoms with Gasteiger partial charge in [-0.15, -0.1) is 0 Å². The lowest BCUT2D eigenvalue weighted by molar-refractivity contribution is -0.136. The standard InChI is InChI=1S/C18H26N2O3/c21-14-18(12-15-5-6-15)8-3-10-20(13-18)17(23)7-11-19-9-2-1-4-16(19)22/h1-2,4,9,15,21H,3,5-8,10-14H2/t18-/m0/s1. The number of aromatic nitrogens is 1. The summed E-state index contributed by atoms with van der Waals surface area (Å²) in [4.78, 5) is 26.1. The molecule has 1 atom stereocenters. The van der Waals surface area contributed by atoms with Crippen LogP contribution in [0.1, 0.15) is 38.5 Å². The number of piperidine rings is 1. The first-order valence-electron chi connectivity index (χ1n) is 8.66. The highest BCUT2D eigenvalue weighted by molar-refractivity contribution is 5.76. The summed E-state index contributed by atoms with van der Waals surface area (Å²) in [6, 6.07) is 5.02. The van der Waals surface area contributed by atoms with E-state index in [0.717, 1.165) is 31.7 Å². The maximum atomic E-state index is 12.5. The molecule has 0 radical (unpaired) electrons. The molecular formula is C18H26N2O3. The molecule has 2 heterocycles. The summed E-state index contributed by atoms with van der Waals surface area (Å²) in [6.07, 6.45) is 7.63. The third-order valence-corrected chi connectivity index (χ3v) is 5.23. The zero-order valence-corrected chi connectivity index (χ0v) is 13.6. The van der Waals surface area contributed by atoms with Gasteiger partial charge in [-0.25, -0.2) is 0 Å². The van der Waals surface area contributed by atoms with Crippen molar-refractivity contribution in [3.8, 4) is 0 Å². The minimum atomic E-state index is -0.0986. The zero-order chi connectivity index (χ0) is 16.3. The van der Waals surface area contributed by atoms with E-state index in [1.807, 2.05) is 4.90 Å². The van der Waals surface area contributed by atoms with E-state index >= 15 is 0 Å². The Labute approximate surface area is 136 Å². The van der Waals surface area contributed by atoms with Crippen LogP contribution in [-0.2, 0) is 11.3 Å². The van der Waals surface area contributed by atoms with Gasteiger partial charge >= 0.3 is 0 Å². The Bertz CT molecular complexity index is 608. The Balaban J connectivity index is 1.58. The molecule has 0 spiro atoms. The highest BCUT2D eigenvalue weighted by Crippen LogP contribution is 2.44. The van der Waals surface area contributed by atoms with Gasteiger partial charge in [-0.1, -0.05) is 18.9 Å². The van der Waals surface area contributed by atoms with Crippen LogP contribution in [0.15, 0.2) is 29.2 Å². The molecule has 23 heavy (non-hydrogen) atoms. The van der Waals surface area contributed by atoms with Crippen molar-refractivity contribution in [3.05, 3.63) is 34.7 Å². The Morgan fingerprint density at radius 3 is 2.87 bits per heavy atom. The zero-order valence-electron chi connectivity index (χ0n) is 13.6. The smallest absolute Gasteiger partial charge is 0.250 e. The number of likely N-dealkylation sites (tertiary alicyclic amines) is 1. The number of pyridine rings is 1. The van der Waals surface area contributed by atoms with Crippen LogP contribution in [0.25, 0.3) is 0 Å². The number of aryl methyl sites for hydroxylation is 1. The number of amides is 1. The van der Waals surface area contributed by atoms with Crippen molar-refractivity contribution in [2.45, 2.75) is 45.1 Å². The highest BCUT2D eigenvalue weighted by Gasteiger charge is 2.40. The van der Waals surface area contributed by atoms with Gasteiger partial charge in [0.2, 0.25) is 5.91 Å². The van der Waals surface area contributed by atoms with Crippen LogP contribution in [0.4, 0.5) is 0 Å². The summed E-state index contributed by atoms with van der Waals surface area (Å²) in [7, 11) is 0. The maximum Gasteiger partial charge on any atom is 0.250 e. The van der Waals surface area contributed by atoms with Crippen molar-refractivity contribution in [2.75, 3.05) is 19.7 Å². The molecule has 2 aliphatic rings. The average Bonchev–Trinajstić information content (AvgIpc) is 3.38. The first-order chi connectivity index (χ1) is 11.1. The van der Waals surface area contributed by atoms with E-state index in [0.29, 0.717) is 19.5 Å². The summed E-state index contributed by atoms with van der Waals surface area (Å²) >= 11 is 0. The van der Waals surface area contributed by atoms with Gasteiger partial charge in [0.25, 0.3) is 5.56 Å². The molecule has 1 aromatic heterocycles. The van der Waals surface area contributed by atoms with Crippen molar-refractivity contribution in [3.63, 3.8) is 0 Å². The second-order valence-corrected chi connectivity index (χ2v) is 7.21. The summed E-state index contributed by atoms with van der Waals surface area (Å²) in [5.74, 6) is 0.842. The largest absolute Gasteiger partial charge is 0.396 e. The molecule has 1 aromatic rings. The fourth-order valence-corrected chi connectivity index (χ4v) is 3.73. The van der Waals surface area contributed by atoms with Crippen molar-refractivity contribution in [1.82, 2.24) is 9.47 Å². The average molecular weight is 318 g/mol. The van der Waals surface area contributed by atoms with Gasteiger partial charge in [-0.3, -0.25) is 9.59 Å². The third kappa shape index (κ3) is 4.02. The topological polar surface area (TPSA) is 62.5 Å². The molecule has 1 aliphatic heterocycles. The maximum absolute atomic E-state index is 12.5. The van der Waals surface area contributed by atoms with Crippen LogP contribution in [0, 0.1) is 11.3 Å². The number of aliphatic hydroxyl groups is 1. The number of rotatable bonds is 6. The molecule has 5 nitrogen and oxygen atoms in total. The van der Waals surface area contributed by atoms with E-state index in [2.05, 4.69) is 0 Å². The monoisotopic (exact) mass is 318 g/mol. The first kappa shape index (κ1) is 16.2. The molecule has 0 aromatic carbocycles. The van der Waals surface area contributed by atoms with E-state index in [9.17, 15) is 14.7 Å². The van der Waals surface area contributed by atoms with Crippen LogP contribution in [0.3, 0.4) is 0 Å². The number of hydrogen-bond acceptors (Lipinski definition) is 3. The lowest BCUT2D eigenvalue weighted by Gasteiger charge is -2.42. The second kappa shape index (κ2) is 6.87. The summed E-state index contributed by atoms with van der Waals surface area (Å²) in [5, 5.41) is 9.88. The molecule has 1 saturated heterocycles. The van der Waals surface area contributed by atoms with E-state index in [1.54, 1.807) is 22.9 Å². The lowest BCUT2D eigenvalue weighted by Crippen LogP contribution is -2.48. The fraction of sp³-hybridized carbons (Fsp3) is 0.667. The van der Waals surface area contributed by atoms with Crippen molar-refractivity contribution in [1.29, 1.82) is 0 Å². The molecule has 1 amide bonds. The molecular weight excluding hydrogens is 292 g/mol. The Morgan fingerprint density at radius 2 is 2.17 bits per heavy atom. The predicted molar refractivity (Wildman–Crippen MR) is 88.0 cm³/mol. The van der Waals surface area contributed by atoms with E-state index in [4.69, 9.17) is 0 Å². The third-order valence-electron chi connectivity index (χ3n) is 5.23. The van der Waals surface area contributed by atoms with Gasteiger partial charge in [0.05, 0.1) is 6.61 Å². The highest BCUT2D eigenvalue weighted by atomic mass is 16.3. The van der Waals surface area contributed by atoms with Crippen LogP contribution < -0.4 is 5.56 Å². The minimum Gasteiger partial charge on any atom is -0.396 e. The SMILES string of the molecule is O=C(CCn1ccccc1=O)N1CCC[C@](CO)(CC2CC2)C1. The van der Waals surface area contributed by atoms with Crippen LogP contribution in [-0.4, -0.2) is 40.2 Å². The number of hydrogen-bond donors (Lipinski definition) is 1. The number of nitrogens with zero attached hydrogens (tertiary/aromatic N) is 2. The fourth-order valence-electron chi connectivity index (χ4n) is 3.73. The molecule has 0 unspecified atom stereocenters. The van der Waals surface area contributed by atoms with E-state index in [-0.39, 0.29) is 23.5 Å². The summed E-state index contributed by atoms with van der Waals surface area (Å²) < 4.78 is 1.57. The summed E-state index contributed by atoms with van der Waals surface area (Å²) in [5.41, 5.74) is -0.170. The minimum absolute atomic E-state index is 0.0719. The molecule has 5 heteroatoms.